The number of likely N-dealkylation sites (tertiary alicyclic amines) is 1. The topological polar surface area (TPSA) is 27.0 Å². The normalized spacial score (nSPS) is 36.6. The van der Waals surface area contributed by atoms with Crippen LogP contribution in [-0.2, 0) is 0 Å². The minimum absolute atomic E-state index is 0.0191. The maximum atomic E-state index is 9.32. The number of hydrogen-bond acceptors (Lipinski definition) is 2. The fraction of sp³-hybridized carbons (Fsp3) is 0.909. The molecule has 0 amide bonds. The van der Waals surface area contributed by atoms with E-state index in [1.807, 2.05) is 0 Å². The summed E-state index contributed by atoms with van der Waals surface area (Å²) in [6.45, 7) is 2.12. The quantitative estimate of drug-likeness (QED) is 0.614. The second-order valence-electron chi connectivity index (χ2n) is 4.74. The van der Waals surface area contributed by atoms with Gasteiger partial charge >= 0.3 is 0 Å². The molecular formula is C11H18N2. The summed E-state index contributed by atoms with van der Waals surface area (Å²) in [6.07, 6.45) is 6.38. The SMILES string of the molecule is CN1CCC(C#N)(C2CCCC2)C1. The Morgan fingerprint density at radius 3 is 2.54 bits per heavy atom. The van der Waals surface area contributed by atoms with Crippen LogP contribution in [0.1, 0.15) is 32.1 Å². The molecule has 2 fully saturated rings. The van der Waals surface area contributed by atoms with Gasteiger partial charge in [-0.15, -0.1) is 0 Å². The smallest absolute Gasteiger partial charge is 0.0740 e. The summed E-state index contributed by atoms with van der Waals surface area (Å²) in [4.78, 5) is 2.31. The summed E-state index contributed by atoms with van der Waals surface area (Å²) in [5, 5.41) is 9.32. The summed E-state index contributed by atoms with van der Waals surface area (Å²) in [5.74, 6) is 0.697. The predicted molar refractivity (Wildman–Crippen MR) is 52.1 cm³/mol. The molecule has 1 heterocycles. The van der Waals surface area contributed by atoms with Crippen molar-refractivity contribution in [1.29, 1.82) is 5.26 Å². The lowest BCUT2D eigenvalue weighted by Gasteiger charge is -2.27. The van der Waals surface area contributed by atoms with Gasteiger partial charge in [-0.05, 0) is 38.8 Å². The first kappa shape index (κ1) is 9.02. The van der Waals surface area contributed by atoms with Crippen molar-refractivity contribution < 1.29 is 0 Å². The number of hydrogen-bond donors (Lipinski definition) is 0. The van der Waals surface area contributed by atoms with Crippen LogP contribution < -0.4 is 0 Å². The molecule has 0 aromatic rings. The van der Waals surface area contributed by atoms with Crippen molar-refractivity contribution in [3.8, 4) is 6.07 Å². The van der Waals surface area contributed by atoms with E-state index in [2.05, 4.69) is 18.0 Å². The maximum absolute atomic E-state index is 9.32. The third-order valence-corrected chi connectivity index (χ3v) is 3.85. The highest BCUT2D eigenvalue weighted by molar-refractivity contribution is 5.08. The minimum atomic E-state index is 0.0191. The molecule has 0 radical (unpaired) electrons. The number of nitrogens with zero attached hydrogens (tertiary/aromatic N) is 2. The Bertz CT molecular complexity index is 225. The van der Waals surface area contributed by atoms with Gasteiger partial charge in [0.15, 0.2) is 0 Å². The van der Waals surface area contributed by atoms with Crippen LogP contribution in [0.5, 0.6) is 0 Å². The fourth-order valence-electron chi connectivity index (χ4n) is 3.02. The van der Waals surface area contributed by atoms with Crippen LogP contribution in [0.25, 0.3) is 0 Å². The van der Waals surface area contributed by atoms with Crippen molar-refractivity contribution in [2.75, 3.05) is 20.1 Å². The zero-order valence-corrected chi connectivity index (χ0v) is 8.42. The van der Waals surface area contributed by atoms with Crippen molar-refractivity contribution >= 4 is 0 Å². The van der Waals surface area contributed by atoms with Gasteiger partial charge in [-0.2, -0.15) is 5.26 Å². The van der Waals surface area contributed by atoms with Crippen LogP contribution in [-0.4, -0.2) is 25.0 Å². The lowest BCUT2D eigenvalue weighted by atomic mass is 9.75. The van der Waals surface area contributed by atoms with Crippen LogP contribution in [0.2, 0.25) is 0 Å². The second-order valence-corrected chi connectivity index (χ2v) is 4.74. The highest BCUT2D eigenvalue weighted by atomic mass is 15.1. The van der Waals surface area contributed by atoms with Crippen LogP contribution in [0.4, 0.5) is 0 Å². The Morgan fingerprint density at radius 2 is 2.08 bits per heavy atom. The molecule has 0 aromatic carbocycles. The Hall–Kier alpha value is -0.550. The van der Waals surface area contributed by atoms with Crippen LogP contribution in [0, 0.1) is 22.7 Å². The lowest BCUT2D eigenvalue weighted by molar-refractivity contribution is 0.243. The summed E-state index contributed by atoms with van der Waals surface area (Å²) >= 11 is 0. The first-order valence-corrected chi connectivity index (χ1v) is 5.37. The van der Waals surface area contributed by atoms with Gasteiger partial charge in [0.2, 0.25) is 0 Å². The molecule has 2 aliphatic rings. The molecule has 1 saturated heterocycles. The van der Waals surface area contributed by atoms with Gasteiger partial charge in [0, 0.05) is 6.54 Å². The van der Waals surface area contributed by atoms with E-state index in [4.69, 9.17) is 0 Å². The van der Waals surface area contributed by atoms with Gasteiger partial charge in [-0.3, -0.25) is 0 Å². The molecule has 1 saturated carbocycles. The molecule has 0 aromatic heterocycles. The molecule has 1 aliphatic heterocycles. The number of rotatable bonds is 1. The Balaban J connectivity index is 2.11. The minimum Gasteiger partial charge on any atom is -0.305 e. The summed E-state index contributed by atoms with van der Waals surface area (Å²) < 4.78 is 0. The molecule has 72 valence electrons. The van der Waals surface area contributed by atoms with Crippen LogP contribution in [0.3, 0.4) is 0 Å². The molecular weight excluding hydrogens is 160 g/mol. The van der Waals surface area contributed by atoms with Gasteiger partial charge in [-0.1, -0.05) is 12.8 Å². The summed E-state index contributed by atoms with van der Waals surface area (Å²) in [5.41, 5.74) is 0.0191. The highest BCUT2D eigenvalue weighted by Gasteiger charge is 2.44. The first-order chi connectivity index (χ1) is 6.27. The third kappa shape index (κ3) is 1.46. The molecule has 1 unspecified atom stereocenters. The van der Waals surface area contributed by atoms with Gasteiger partial charge in [-0.25, -0.2) is 0 Å². The van der Waals surface area contributed by atoms with Gasteiger partial charge < -0.3 is 4.90 Å². The number of nitriles is 1. The van der Waals surface area contributed by atoms with Gasteiger partial charge in [0.25, 0.3) is 0 Å². The Morgan fingerprint density at radius 1 is 1.38 bits per heavy atom. The van der Waals surface area contributed by atoms with E-state index >= 15 is 0 Å². The van der Waals surface area contributed by atoms with E-state index < -0.39 is 0 Å². The van der Waals surface area contributed by atoms with E-state index in [0.29, 0.717) is 5.92 Å². The van der Waals surface area contributed by atoms with Crippen molar-refractivity contribution in [3.05, 3.63) is 0 Å². The zero-order valence-electron chi connectivity index (χ0n) is 8.42. The van der Waals surface area contributed by atoms with Gasteiger partial charge in [0.05, 0.1) is 11.5 Å². The van der Waals surface area contributed by atoms with Crippen molar-refractivity contribution in [3.63, 3.8) is 0 Å². The largest absolute Gasteiger partial charge is 0.305 e. The molecule has 0 N–H and O–H groups in total. The highest BCUT2D eigenvalue weighted by Crippen LogP contribution is 2.45. The first-order valence-electron chi connectivity index (χ1n) is 5.37. The van der Waals surface area contributed by atoms with E-state index in [0.717, 1.165) is 19.5 Å². The van der Waals surface area contributed by atoms with E-state index in [-0.39, 0.29) is 5.41 Å². The summed E-state index contributed by atoms with van der Waals surface area (Å²) in [6, 6.07) is 2.61. The Kier molecular flexibility index (Phi) is 2.29. The molecule has 2 rings (SSSR count). The molecule has 13 heavy (non-hydrogen) atoms. The predicted octanol–water partition coefficient (Wildman–Crippen LogP) is 2.02. The van der Waals surface area contributed by atoms with Crippen molar-refractivity contribution in [2.24, 2.45) is 11.3 Å². The van der Waals surface area contributed by atoms with Crippen LogP contribution >= 0.6 is 0 Å². The van der Waals surface area contributed by atoms with Crippen LogP contribution in [0.15, 0.2) is 0 Å². The summed E-state index contributed by atoms with van der Waals surface area (Å²) in [7, 11) is 2.13. The Labute approximate surface area is 80.5 Å². The molecule has 0 bridgehead atoms. The molecule has 2 nitrogen and oxygen atoms in total. The lowest BCUT2D eigenvalue weighted by Crippen LogP contribution is -2.30. The average molecular weight is 178 g/mol. The molecule has 1 aliphatic carbocycles. The van der Waals surface area contributed by atoms with Crippen molar-refractivity contribution in [2.45, 2.75) is 32.1 Å². The monoisotopic (exact) mass is 178 g/mol. The average Bonchev–Trinajstić information content (AvgIpc) is 2.73. The molecule has 1 atom stereocenters. The standard InChI is InChI=1S/C11H18N2/c1-13-7-6-11(8-12,9-13)10-4-2-3-5-10/h10H,2-7,9H2,1H3. The van der Waals surface area contributed by atoms with Crippen molar-refractivity contribution in [1.82, 2.24) is 4.90 Å². The van der Waals surface area contributed by atoms with Gasteiger partial charge in [0.1, 0.15) is 0 Å². The maximum Gasteiger partial charge on any atom is 0.0740 e. The third-order valence-electron chi connectivity index (χ3n) is 3.85. The molecule has 0 spiro atoms. The van der Waals surface area contributed by atoms with E-state index in [1.165, 1.54) is 25.7 Å². The van der Waals surface area contributed by atoms with E-state index in [1.54, 1.807) is 0 Å². The van der Waals surface area contributed by atoms with E-state index in [9.17, 15) is 5.26 Å². The molecule has 2 heteroatoms. The zero-order chi connectivity index (χ0) is 9.31. The second kappa shape index (κ2) is 3.31. The fourth-order valence-corrected chi connectivity index (χ4v) is 3.02.